The molecule has 5 nitrogen and oxygen atoms in total. The number of nitriles is 1. The minimum atomic E-state index is -0.705. The highest BCUT2D eigenvalue weighted by Gasteiger charge is 2.25. The number of carbonyl (C=O) groups excluding carboxylic acids is 1. The number of carbonyl (C=O) groups is 1. The maximum Gasteiger partial charge on any atom is 0.352 e. The van der Waals surface area contributed by atoms with Crippen LogP contribution in [0.3, 0.4) is 0 Å². The Morgan fingerprint density at radius 1 is 1.11 bits per heavy atom. The Bertz CT molecular complexity index is 952. The van der Waals surface area contributed by atoms with E-state index in [1.807, 2.05) is 55.5 Å². The molecular weight excluding hydrogens is 342 g/mol. The van der Waals surface area contributed by atoms with E-state index in [9.17, 15) is 10.1 Å². The summed E-state index contributed by atoms with van der Waals surface area (Å²) in [5.74, 6) is 0.632. The first kappa shape index (κ1) is 18.3. The minimum Gasteiger partial charge on any atom is -0.494 e. The zero-order valence-electron chi connectivity index (χ0n) is 15.2. The quantitative estimate of drug-likeness (QED) is 0.452. The third kappa shape index (κ3) is 3.85. The molecule has 5 heteroatoms. The first-order chi connectivity index (χ1) is 13.2. The molecule has 0 atom stereocenters. The van der Waals surface area contributed by atoms with Crippen molar-refractivity contribution in [1.82, 2.24) is 0 Å². The molecule has 0 saturated heterocycles. The molecule has 0 radical (unpaired) electrons. The number of fused-ring (bicyclic) bond motifs is 1. The molecule has 2 aromatic carbocycles. The summed E-state index contributed by atoms with van der Waals surface area (Å²) < 4.78 is 16.4. The lowest BCUT2D eigenvalue weighted by molar-refractivity contribution is -0.138. The van der Waals surface area contributed by atoms with Gasteiger partial charge in [0.05, 0.1) is 13.2 Å². The van der Waals surface area contributed by atoms with Gasteiger partial charge >= 0.3 is 5.97 Å². The van der Waals surface area contributed by atoms with Crippen LogP contribution in [0.5, 0.6) is 11.5 Å². The van der Waals surface area contributed by atoms with E-state index in [0.717, 1.165) is 16.7 Å². The SMILES string of the molecule is CCOC(=O)/C(C#N)=C1\C=C(c2ccccc2)c2ccc(OCC)cc2O1. The second-order valence-corrected chi connectivity index (χ2v) is 5.69. The number of allylic oxidation sites excluding steroid dienone is 1. The molecule has 0 N–H and O–H groups in total. The highest BCUT2D eigenvalue weighted by molar-refractivity contribution is 5.96. The summed E-state index contributed by atoms with van der Waals surface area (Å²) in [6.07, 6.45) is 1.70. The normalized spacial score (nSPS) is 14.2. The molecule has 0 unspecified atom stereocenters. The van der Waals surface area contributed by atoms with Crippen molar-refractivity contribution >= 4 is 11.5 Å². The van der Waals surface area contributed by atoms with E-state index in [2.05, 4.69) is 0 Å². The van der Waals surface area contributed by atoms with Crippen molar-refractivity contribution in [3.8, 4) is 17.6 Å². The molecule has 0 bridgehead atoms. The molecular formula is C22H19NO4. The Morgan fingerprint density at radius 2 is 1.89 bits per heavy atom. The fourth-order valence-electron chi connectivity index (χ4n) is 2.81. The van der Waals surface area contributed by atoms with Gasteiger partial charge in [-0.1, -0.05) is 30.3 Å². The van der Waals surface area contributed by atoms with Crippen molar-refractivity contribution < 1.29 is 19.0 Å². The molecule has 1 heterocycles. The maximum absolute atomic E-state index is 12.2. The van der Waals surface area contributed by atoms with Crippen LogP contribution in [0.1, 0.15) is 25.0 Å². The van der Waals surface area contributed by atoms with Gasteiger partial charge in [0.25, 0.3) is 0 Å². The monoisotopic (exact) mass is 361 g/mol. The van der Waals surface area contributed by atoms with E-state index in [4.69, 9.17) is 14.2 Å². The van der Waals surface area contributed by atoms with Gasteiger partial charge in [-0.25, -0.2) is 4.79 Å². The lowest BCUT2D eigenvalue weighted by Crippen LogP contribution is -2.14. The van der Waals surface area contributed by atoms with Gasteiger partial charge in [0.2, 0.25) is 0 Å². The van der Waals surface area contributed by atoms with Gasteiger partial charge in [-0.15, -0.1) is 0 Å². The Balaban J connectivity index is 2.18. The molecule has 0 amide bonds. The van der Waals surface area contributed by atoms with Gasteiger partial charge in [-0.05, 0) is 43.2 Å². The highest BCUT2D eigenvalue weighted by Crippen LogP contribution is 2.40. The molecule has 0 aliphatic carbocycles. The molecule has 0 spiro atoms. The van der Waals surface area contributed by atoms with Crippen molar-refractivity contribution in [1.29, 1.82) is 5.26 Å². The van der Waals surface area contributed by atoms with Crippen molar-refractivity contribution in [3.63, 3.8) is 0 Å². The van der Waals surface area contributed by atoms with Crippen LogP contribution in [0.2, 0.25) is 0 Å². The number of hydrogen-bond acceptors (Lipinski definition) is 5. The van der Waals surface area contributed by atoms with Crippen LogP contribution >= 0.6 is 0 Å². The van der Waals surface area contributed by atoms with E-state index >= 15 is 0 Å². The topological polar surface area (TPSA) is 68.6 Å². The second-order valence-electron chi connectivity index (χ2n) is 5.69. The van der Waals surface area contributed by atoms with Gasteiger partial charge in [-0.3, -0.25) is 0 Å². The van der Waals surface area contributed by atoms with E-state index in [-0.39, 0.29) is 17.9 Å². The van der Waals surface area contributed by atoms with Gasteiger partial charge in [0, 0.05) is 11.6 Å². The Hall–Kier alpha value is -3.52. The van der Waals surface area contributed by atoms with Crippen molar-refractivity contribution in [3.05, 3.63) is 77.1 Å². The van der Waals surface area contributed by atoms with E-state index in [0.29, 0.717) is 18.1 Å². The lowest BCUT2D eigenvalue weighted by Gasteiger charge is -2.22. The third-order valence-corrected chi connectivity index (χ3v) is 3.97. The first-order valence-electron chi connectivity index (χ1n) is 8.71. The van der Waals surface area contributed by atoms with Gasteiger partial charge in [0.15, 0.2) is 11.3 Å². The average Bonchev–Trinajstić information content (AvgIpc) is 2.69. The van der Waals surface area contributed by atoms with E-state index in [1.54, 1.807) is 19.1 Å². The summed E-state index contributed by atoms with van der Waals surface area (Å²) >= 11 is 0. The molecule has 0 saturated carbocycles. The molecule has 27 heavy (non-hydrogen) atoms. The summed E-state index contributed by atoms with van der Waals surface area (Å²) in [6.45, 7) is 4.29. The summed E-state index contributed by atoms with van der Waals surface area (Å²) in [6, 6.07) is 17.2. The molecule has 3 rings (SSSR count). The second kappa shape index (κ2) is 8.24. The molecule has 2 aromatic rings. The standard InChI is InChI=1S/C22H19NO4/c1-3-25-16-10-11-17-18(15-8-6-5-7-9-15)13-21(27-20(17)12-16)19(14-23)22(24)26-4-2/h5-13H,3-4H2,1-2H3/b21-19+. The largest absolute Gasteiger partial charge is 0.494 e. The van der Waals surface area contributed by atoms with Crippen LogP contribution in [0.4, 0.5) is 0 Å². The number of benzene rings is 2. The van der Waals surface area contributed by atoms with E-state index in [1.165, 1.54) is 0 Å². The fourth-order valence-corrected chi connectivity index (χ4v) is 2.81. The zero-order valence-corrected chi connectivity index (χ0v) is 15.2. The lowest BCUT2D eigenvalue weighted by atomic mass is 9.94. The minimum absolute atomic E-state index is 0.163. The fraction of sp³-hybridized carbons (Fsp3) is 0.182. The smallest absolute Gasteiger partial charge is 0.352 e. The van der Waals surface area contributed by atoms with Crippen LogP contribution in [0.25, 0.3) is 5.57 Å². The molecule has 1 aliphatic heterocycles. The molecule has 0 aromatic heterocycles. The summed E-state index contributed by atoms with van der Waals surface area (Å²) in [7, 11) is 0. The molecule has 0 fully saturated rings. The Morgan fingerprint density at radius 3 is 2.56 bits per heavy atom. The number of nitrogens with zero attached hydrogens (tertiary/aromatic N) is 1. The number of hydrogen-bond donors (Lipinski definition) is 0. The Kier molecular flexibility index (Phi) is 5.58. The summed E-state index contributed by atoms with van der Waals surface area (Å²) in [4.78, 5) is 12.2. The van der Waals surface area contributed by atoms with Crippen molar-refractivity contribution in [2.45, 2.75) is 13.8 Å². The average molecular weight is 361 g/mol. The van der Waals surface area contributed by atoms with Crippen LogP contribution in [0, 0.1) is 11.3 Å². The number of ether oxygens (including phenoxy) is 3. The summed E-state index contributed by atoms with van der Waals surface area (Å²) in [5, 5.41) is 9.48. The third-order valence-electron chi connectivity index (χ3n) is 3.97. The van der Waals surface area contributed by atoms with Crippen molar-refractivity contribution in [2.24, 2.45) is 0 Å². The van der Waals surface area contributed by atoms with Gasteiger partial charge < -0.3 is 14.2 Å². The van der Waals surface area contributed by atoms with Crippen molar-refractivity contribution in [2.75, 3.05) is 13.2 Å². The number of rotatable bonds is 5. The predicted molar refractivity (Wildman–Crippen MR) is 101 cm³/mol. The molecule has 136 valence electrons. The van der Waals surface area contributed by atoms with Crippen LogP contribution in [0.15, 0.2) is 65.9 Å². The van der Waals surface area contributed by atoms with Gasteiger partial charge in [0.1, 0.15) is 17.6 Å². The Labute approximate surface area is 158 Å². The molecule has 1 aliphatic rings. The first-order valence-corrected chi connectivity index (χ1v) is 8.71. The summed E-state index contributed by atoms with van der Waals surface area (Å²) in [5.41, 5.74) is 2.49. The van der Waals surface area contributed by atoms with Crippen LogP contribution in [-0.2, 0) is 9.53 Å². The zero-order chi connectivity index (χ0) is 19.2. The van der Waals surface area contributed by atoms with E-state index < -0.39 is 5.97 Å². The number of esters is 1. The van der Waals surface area contributed by atoms with Crippen LogP contribution in [-0.4, -0.2) is 19.2 Å². The predicted octanol–water partition coefficient (Wildman–Crippen LogP) is 4.25. The van der Waals surface area contributed by atoms with Gasteiger partial charge in [-0.2, -0.15) is 5.26 Å². The van der Waals surface area contributed by atoms with Crippen LogP contribution < -0.4 is 9.47 Å². The maximum atomic E-state index is 12.2. The highest BCUT2D eigenvalue weighted by atomic mass is 16.5.